The SMILES string of the molecule is N#Cc1cccc(-c2ccc(=O)n(Cc3cccc(-c4ncc(OCC5CCN(CC(=O)NCCNC(=O)CC67CC8CC(CC(C8)C6)C7)CC5)cn4)c3)n2)c1. The first-order chi connectivity index (χ1) is 27.3. The molecule has 5 aliphatic rings. The van der Waals surface area contributed by atoms with Gasteiger partial charge in [0.2, 0.25) is 11.8 Å². The first-order valence-electron chi connectivity index (χ1n) is 20.2. The van der Waals surface area contributed by atoms with Crippen molar-refractivity contribution in [2.45, 2.75) is 64.3 Å². The normalized spacial score (nSPS) is 23.0. The van der Waals surface area contributed by atoms with Gasteiger partial charge in [-0.15, -0.1) is 0 Å². The summed E-state index contributed by atoms with van der Waals surface area (Å²) >= 11 is 0. The van der Waals surface area contributed by atoms with Crippen molar-refractivity contribution in [3.05, 3.63) is 94.5 Å². The minimum atomic E-state index is -0.223. The van der Waals surface area contributed by atoms with E-state index in [1.807, 2.05) is 30.3 Å². The van der Waals surface area contributed by atoms with E-state index in [0.29, 0.717) is 61.4 Å². The molecular weight excluding hydrogens is 705 g/mol. The van der Waals surface area contributed by atoms with Gasteiger partial charge in [-0.25, -0.2) is 14.6 Å². The lowest BCUT2D eigenvalue weighted by atomic mass is 9.49. The molecule has 56 heavy (non-hydrogen) atoms. The first-order valence-corrected chi connectivity index (χ1v) is 20.2. The third-order valence-electron chi connectivity index (χ3n) is 12.3. The van der Waals surface area contributed by atoms with Crippen molar-refractivity contribution >= 4 is 11.8 Å². The molecule has 2 aromatic heterocycles. The van der Waals surface area contributed by atoms with Gasteiger partial charge in [0.1, 0.15) is 0 Å². The maximum absolute atomic E-state index is 12.8. The van der Waals surface area contributed by atoms with Crippen LogP contribution in [0.4, 0.5) is 0 Å². The third kappa shape index (κ3) is 9.16. The Morgan fingerprint density at radius 2 is 1.54 bits per heavy atom. The summed E-state index contributed by atoms with van der Waals surface area (Å²) in [4.78, 5) is 49.4. The maximum atomic E-state index is 12.8. The second kappa shape index (κ2) is 16.8. The Morgan fingerprint density at radius 1 is 0.857 bits per heavy atom. The number of aromatic nitrogens is 4. The lowest BCUT2D eigenvalue weighted by Crippen LogP contribution is -2.48. The fourth-order valence-electron chi connectivity index (χ4n) is 10.1. The number of nitrogens with one attached hydrogen (secondary N) is 2. The zero-order valence-corrected chi connectivity index (χ0v) is 31.9. The van der Waals surface area contributed by atoms with Crippen LogP contribution in [0.25, 0.3) is 22.6 Å². The van der Waals surface area contributed by atoms with Crippen LogP contribution in [0.15, 0.2) is 77.9 Å². The smallest absolute Gasteiger partial charge is 0.267 e. The van der Waals surface area contributed by atoms with Crippen molar-refractivity contribution in [2.24, 2.45) is 29.1 Å². The highest BCUT2D eigenvalue weighted by Gasteiger charge is 2.51. The predicted molar refractivity (Wildman–Crippen MR) is 211 cm³/mol. The molecule has 0 atom stereocenters. The van der Waals surface area contributed by atoms with Gasteiger partial charge in [0.25, 0.3) is 5.56 Å². The highest BCUT2D eigenvalue weighted by Crippen LogP contribution is 2.61. The van der Waals surface area contributed by atoms with E-state index in [-0.39, 0.29) is 29.3 Å². The number of carbonyl (C=O) groups excluding carboxylic acids is 2. The van der Waals surface area contributed by atoms with Crippen LogP contribution in [-0.2, 0) is 16.1 Å². The molecule has 0 unspecified atom stereocenters. The van der Waals surface area contributed by atoms with Gasteiger partial charge in [-0.3, -0.25) is 19.3 Å². The summed E-state index contributed by atoms with van der Waals surface area (Å²) in [5, 5.41) is 19.9. The van der Waals surface area contributed by atoms with Crippen LogP contribution >= 0.6 is 0 Å². The number of piperidine rings is 1. The van der Waals surface area contributed by atoms with E-state index in [4.69, 9.17) is 4.74 Å². The Balaban J connectivity index is 0.738. The Labute approximate surface area is 327 Å². The van der Waals surface area contributed by atoms with Crippen molar-refractivity contribution in [3.8, 4) is 34.5 Å². The lowest BCUT2D eigenvalue weighted by molar-refractivity contribution is -0.129. The summed E-state index contributed by atoms with van der Waals surface area (Å²) in [6.45, 7) is 3.78. The summed E-state index contributed by atoms with van der Waals surface area (Å²) < 4.78 is 7.48. The van der Waals surface area contributed by atoms with E-state index in [9.17, 15) is 19.6 Å². The van der Waals surface area contributed by atoms with E-state index in [1.54, 1.807) is 36.7 Å². The van der Waals surface area contributed by atoms with Crippen molar-refractivity contribution in [1.29, 1.82) is 5.26 Å². The molecule has 2 aromatic carbocycles. The van der Waals surface area contributed by atoms with Gasteiger partial charge >= 0.3 is 0 Å². The van der Waals surface area contributed by atoms with Crippen LogP contribution in [0.5, 0.6) is 5.75 Å². The van der Waals surface area contributed by atoms with Gasteiger partial charge in [0.15, 0.2) is 11.6 Å². The minimum absolute atomic E-state index is 0.00318. The Bertz CT molecular complexity index is 2100. The highest BCUT2D eigenvalue weighted by atomic mass is 16.5. The topological polar surface area (TPSA) is 155 Å². The van der Waals surface area contributed by atoms with Crippen molar-refractivity contribution in [3.63, 3.8) is 0 Å². The van der Waals surface area contributed by atoms with Crippen LogP contribution in [-0.4, -0.2) is 75.8 Å². The highest BCUT2D eigenvalue weighted by molar-refractivity contribution is 5.78. The quantitative estimate of drug-likeness (QED) is 0.165. The molecule has 9 rings (SSSR count). The minimum Gasteiger partial charge on any atom is -0.490 e. The number of ether oxygens (including phenoxy) is 1. The fraction of sp³-hybridized carbons (Fsp3) is 0.477. The molecule has 2 amide bonds. The number of nitrogens with zero attached hydrogens (tertiary/aromatic N) is 6. The molecular formula is C44H50N8O4. The average Bonchev–Trinajstić information content (AvgIpc) is 3.20. The van der Waals surface area contributed by atoms with Crippen LogP contribution < -0.4 is 20.9 Å². The summed E-state index contributed by atoms with van der Waals surface area (Å²) in [5.74, 6) is 4.20. The Hall–Kier alpha value is -5.41. The molecule has 3 heterocycles. The van der Waals surface area contributed by atoms with E-state index in [0.717, 1.165) is 60.4 Å². The van der Waals surface area contributed by atoms with Crippen LogP contribution in [0.3, 0.4) is 0 Å². The molecule has 4 bridgehead atoms. The van der Waals surface area contributed by atoms with Crippen LogP contribution in [0.2, 0.25) is 0 Å². The van der Waals surface area contributed by atoms with E-state index in [2.05, 4.69) is 36.7 Å². The number of benzene rings is 2. The number of rotatable bonds is 14. The fourth-order valence-corrected chi connectivity index (χ4v) is 10.1. The van der Waals surface area contributed by atoms with Crippen molar-refractivity contribution in [2.75, 3.05) is 39.3 Å². The summed E-state index contributed by atoms with van der Waals surface area (Å²) in [6.07, 6.45) is 13.7. The molecule has 1 saturated heterocycles. The summed E-state index contributed by atoms with van der Waals surface area (Å²) in [5.41, 5.74) is 3.61. The predicted octanol–water partition coefficient (Wildman–Crippen LogP) is 5.22. The zero-order chi connectivity index (χ0) is 38.5. The lowest BCUT2D eigenvalue weighted by Gasteiger charge is -2.56. The first kappa shape index (κ1) is 37.5. The number of carbonyl (C=O) groups is 2. The molecule has 0 radical (unpaired) electrons. The van der Waals surface area contributed by atoms with Gasteiger partial charge in [0.05, 0.1) is 49.4 Å². The van der Waals surface area contributed by atoms with Gasteiger partial charge in [0, 0.05) is 36.7 Å². The monoisotopic (exact) mass is 754 g/mol. The van der Waals surface area contributed by atoms with E-state index in [1.165, 1.54) is 49.3 Å². The molecule has 4 aromatic rings. The zero-order valence-electron chi connectivity index (χ0n) is 31.9. The molecule has 290 valence electrons. The van der Waals surface area contributed by atoms with E-state index >= 15 is 0 Å². The van der Waals surface area contributed by atoms with Crippen molar-refractivity contribution < 1.29 is 14.3 Å². The molecule has 5 fully saturated rings. The van der Waals surface area contributed by atoms with E-state index < -0.39 is 0 Å². The largest absolute Gasteiger partial charge is 0.490 e. The number of likely N-dealkylation sites (tertiary alicyclic amines) is 1. The molecule has 1 aliphatic heterocycles. The molecule has 2 N–H and O–H groups in total. The molecule has 4 saturated carbocycles. The Morgan fingerprint density at radius 3 is 2.25 bits per heavy atom. The second-order valence-corrected chi connectivity index (χ2v) is 16.7. The van der Waals surface area contributed by atoms with Crippen LogP contribution in [0.1, 0.15) is 68.9 Å². The van der Waals surface area contributed by atoms with Crippen molar-refractivity contribution in [1.82, 2.24) is 35.3 Å². The molecule has 0 spiro atoms. The maximum Gasteiger partial charge on any atom is 0.267 e. The third-order valence-corrected chi connectivity index (χ3v) is 12.3. The Kier molecular flexibility index (Phi) is 11.2. The van der Waals surface area contributed by atoms with Gasteiger partial charge in [-0.1, -0.05) is 30.3 Å². The number of amides is 2. The second-order valence-electron chi connectivity index (χ2n) is 16.7. The van der Waals surface area contributed by atoms with Gasteiger partial charge in [-0.05, 0) is 123 Å². The standard InChI is InChI=1S/C44H50N8O4/c45-24-31-3-1-5-36(18-31)39-7-8-42(55)52(50-39)27-32-4-2-6-37(19-32)43-48-25-38(26-49-43)56-29-30-9-13-51(14-10-30)28-41(54)47-12-11-46-40(53)23-44-20-33-15-34(21-44)17-35(16-33)22-44/h1-8,18-19,25-26,30,33-35H,9-17,20-23,27-29H2,(H,46,53)(H,47,54). The summed E-state index contributed by atoms with van der Waals surface area (Å²) in [6, 6.07) is 20.2. The summed E-state index contributed by atoms with van der Waals surface area (Å²) in [7, 11) is 0. The molecule has 12 heteroatoms. The van der Waals surface area contributed by atoms with Crippen LogP contribution in [0, 0.1) is 40.4 Å². The molecule has 12 nitrogen and oxygen atoms in total. The average molecular weight is 755 g/mol. The van der Waals surface area contributed by atoms with Gasteiger partial charge in [-0.2, -0.15) is 10.4 Å². The molecule has 4 aliphatic carbocycles. The van der Waals surface area contributed by atoms with Gasteiger partial charge < -0.3 is 15.4 Å². The number of hydrogen-bond acceptors (Lipinski definition) is 9. The number of hydrogen-bond donors (Lipinski definition) is 2. The number of nitriles is 1.